The van der Waals surface area contributed by atoms with Crippen molar-refractivity contribution in [1.82, 2.24) is 5.32 Å². The monoisotopic (exact) mass is 263 g/mol. The zero-order valence-electron chi connectivity index (χ0n) is 12.1. The van der Waals surface area contributed by atoms with Crippen molar-refractivity contribution >= 4 is 5.91 Å². The minimum atomic E-state index is -0.447. The Kier molecular flexibility index (Phi) is 6.57. The zero-order chi connectivity index (χ0) is 14.3. The van der Waals surface area contributed by atoms with Gasteiger partial charge in [0.15, 0.2) is 0 Å². The van der Waals surface area contributed by atoms with E-state index in [-0.39, 0.29) is 17.7 Å². The summed E-state index contributed by atoms with van der Waals surface area (Å²) in [7, 11) is 0. The third kappa shape index (κ3) is 5.03. The SMILES string of the molecule is CCCC(O)CNC(=O)C(c1ccccc1)C(C)C. The average Bonchev–Trinajstić information content (AvgIpc) is 2.38. The number of carbonyl (C=O) groups is 1. The van der Waals surface area contributed by atoms with Gasteiger partial charge < -0.3 is 10.4 Å². The summed E-state index contributed by atoms with van der Waals surface area (Å²) >= 11 is 0. The molecule has 1 aromatic rings. The molecule has 19 heavy (non-hydrogen) atoms. The summed E-state index contributed by atoms with van der Waals surface area (Å²) in [5, 5.41) is 12.5. The van der Waals surface area contributed by atoms with Gasteiger partial charge in [0, 0.05) is 6.54 Å². The molecule has 0 aliphatic rings. The van der Waals surface area contributed by atoms with Crippen LogP contribution in [0.4, 0.5) is 0 Å². The lowest BCUT2D eigenvalue weighted by atomic mass is 9.87. The number of nitrogens with one attached hydrogen (secondary N) is 1. The Labute approximate surface area is 116 Å². The number of hydrogen-bond donors (Lipinski definition) is 2. The molecule has 0 aromatic heterocycles. The van der Waals surface area contributed by atoms with E-state index in [1.165, 1.54) is 0 Å². The minimum Gasteiger partial charge on any atom is -0.391 e. The van der Waals surface area contributed by atoms with E-state index >= 15 is 0 Å². The van der Waals surface area contributed by atoms with Crippen molar-refractivity contribution in [3.05, 3.63) is 35.9 Å². The van der Waals surface area contributed by atoms with Crippen LogP contribution in [0, 0.1) is 5.92 Å². The molecule has 2 atom stereocenters. The van der Waals surface area contributed by atoms with E-state index < -0.39 is 6.10 Å². The first-order valence-corrected chi connectivity index (χ1v) is 7.07. The lowest BCUT2D eigenvalue weighted by Crippen LogP contribution is -2.37. The minimum absolute atomic E-state index is 0.00338. The number of benzene rings is 1. The van der Waals surface area contributed by atoms with Crippen molar-refractivity contribution in [2.75, 3.05) is 6.54 Å². The molecule has 0 radical (unpaired) electrons. The van der Waals surface area contributed by atoms with E-state index in [1.54, 1.807) is 0 Å². The molecule has 0 spiro atoms. The summed E-state index contributed by atoms with van der Waals surface area (Å²) in [6.45, 7) is 6.44. The van der Waals surface area contributed by atoms with Gasteiger partial charge in [0.25, 0.3) is 0 Å². The van der Waals surface area contributed by atoms with Gasteiger partial charge in [-0.25, -0.2) is 0 Å². The van der Waals surface area contributed by atoms with E-state index in [4.69, 9.17) is 0 Å². The summed E-state index contributed by atoms with van der Waals surface area (Å²) in [6.07, 6.45) is 1.19. The molecule has 0 saturated carbocycles. The molecule has 1 rings (SSSR count). The van der Waals surface area contributed by atoms with Gasteiger partial charge in [-0.05, 0) is 17.9 Å². The van der Waals surface area contributed by atoms with Gasteiger partial charge in [-0.15, -0.1) is 0 Å². The molecule has 1 amide bonds. The second kappa shape index (κ2) is 7.95. The molecule has 0 bridgehead atoms. The van der Waals surface area contributed by atoms with Crippen molar-refractivity contribution in [2.24, 2.45) is 5.92 Å². The Morgan fingerprint density at radius 3 is 2.42 bits per heavy atom. The topological polar surface area (TPSA) is 49.3 Å². The molecule has 3 nitrogen and oxygen atoms in total. The van der Waals surface area contributed by atoms with Crippen molar-refractivity contribution in [3.8, 4) is 0 Å². The van der Waals surface area contributed by atoms with Crippen LogP contribution in [0.1, 0.15) is 45.1 Å². The average molecular weight is 263 g/mol. The van der Waals surface area contributed by atoms with Crippen LogP contribution in [0.25, 0.3) is 0 Å². The van der Waals surface area contributed by atoms with Gasteiger partial charge in [-0.3, -0.25) is 4.79 Å². The molecule has 3 heteroatoms. The molecule has 0 aliphatic carbocycles. The van der Waals surface area contributed by atoms with Gasteiger partial charge in [0.05, 0.1) is 12.0 Å². The van der Waals surface area contributed by atoms with Crippen molar-refractivity contribution < 1.29 is 9.90 Å². The number of carbonyl (C=O) groups excluding carboxylic acids is 1. The smallest absolute Gasteiger partial charge is 0.227 e. The van der Waals surface area contributed by atoms with Crippen molar-refractivity contribution in [3.63, 3.8) is 0 Å². The molecule has 0 fully saturated rings. The summed E-state index contributed by atoms with van der Waals surface area (Å²) in [4.78, 5) is 12.3. The summed E-state index contributed by atoms with van der Waals surface area (Å²) in [5.74, 6) is 0.0668. The fourth-order valence-corrected chi connectivity index (χ4v) is 2.26. The molecular weight excluding hydrogens is 238 g/mol. The molecule has 106 valence electrons. The van der Waals surface area contributed by atoms with Crippen LogP contribution in [0.2, 0.25) is 0 Å². The first-order chi connectivity index (χ1) is 9.06. The van der Waals surface area contributed by atoms with Gasteiger partial charge in [-0.2, -0.15) is 0 Å². The van der Waals surface area contributed by atoms with Crippen molar-refractivity contribution in [2.45, 2.75) is 45.6 Å². The summed E-state index contributed by atoms with van der Waals surface area (Å²) < 4.78 is 0. The second-order valence-corrected chi connectivity index (χ2v) is 5.32. The van der Waals surface area contributed by atoms with E-state index in [9.17, 15) is 9.90 Å². The van der Waals surface area contributed by atoms with E-state index in [2.05, 4.69) is 5.32 Å². The largest absolute Gasteiger partial charge is 0.391 e. The predicted molar refractivity (Wildman–Crippen MR) is 77.9 cm³/mol. The molecule has 0 saturated heterocycles. The standard InChI is InChI=1S/C16H25NO2/c1-4-8-14(18)11-17-16(19)15(12(2)3)13-9-6-5-7-10-13/h5-7,9-10,12,14-15,18H,4,8,11H2,1-3H3,(H,17,19). The Morgan fingerprint density at radius 2 is 1.89 bits per heavy atom. The highest BCUT2D eigenvalue weighted by Crippen LogP contribution is 2.24. The lowest BCUT2D eigenvalue weighted by molar-refractivity contribution is -0.124. The van der Waals surface area contributed by atoms with Gasteiger partial charge in [0.2, 0.25) is 5.91 Å². The lowest BCUT2D eigenvalue weighted by Gasteiger charge is -2.21. The zero-order valence-corrected chi connectivity index (χ0v) is 12.1. The third-order valence-electron chi connectivity index (χ3n) is 3.24. The van der Waals surface area contributed by atoms with Gasteiger partial charge in [-0.1, -0.05) is 57.5 Å². The maximum atomic E-state index is 12.3. The van der Waals surface area contributed by atoms with Crippen LogP contribution in [0.3, 0.4) is 0 Å². The Bertz CT molecular complexity index is 376. The number of amides is 1. The first-order valence-electron chi connectivity index (χ1n) is 7.07. The number of hydrogen-bond acceptors (Lipinski definition) is 2. The molecule has 2 unspecified atom stereocenters. The van der Waals surface area contributed by atoms with Crippen LogP contribution in [-0.2, 0) is 4.79 Å². The van der Waals surface area contributed by atoms with Crippen LogP contribution in [-0.4, -0.2) is 23.7 Å². The Hall–Kier alpha value is -1.35. The molecule has 0 aliphatic heterocycles. The molecular formula is C16H25NO2. The van der Waals surface area contributed by atoms with E-state index in [0.29, 0.717) is 6.54 Å². The highest BCUT2D eigenvalue weighted by Gasteiger charge is 2.24. The predicted octanol–water partition coefficient (Wildman–Crippen LogP) is 2.70. The van der Waals surface area contributed by atoms with Gasteiger partial charge in [0.1, 0.15) is 0 Å². The highest BCUT2D eigenvalue weighted by molar-refractivity contribution is 5.83. The van der Waals surface area contributed by atoms with Crippen LogP contribution in [0.15, 0.2) is 30.3 Å². The second-order valence-electron chi connectivity index (χ2n) is 5.32. The summed E-state index contributed by atoms with van der Waals surface area (Å²) in [6, 6.07) is 9.80. The van der Waals surface area contributed by atoms with Crippen LogP contribution in [0.5, 0.6) is 0 Å². The highest BCUT2D eigenvalue weighted by atomic mass is 16.3. The fraction of sp³-hybridized carbons (Fsp3) is 0.562. The Morgan fingerprint density at radius 1 is 1.26 bits per heavy atom. The van der Waals surface area contributed by atoms with Gasteiger partial charge >= 0.3 is 0 Å². The van der Waals surface area contributed by atoms with Crippen LogP contribution < -0.4 is 5.32 Å². The van der Waals surface area contributed by atoms with E-state index in [1.807, 2.05) is 51.1 Å². The fourth-order valence-electron chi connectivity index (χ4n) is 2.26. The maximum Gasteiger partial charge on any atom is 0.227 e. The van der Waals surface area contributed by atoms with E-state index in [0.717, 1.165) is 18.4 Å². The summed E-state index contributed by atoms with van der Waals surface area (Å²) in [5.41, 5.74) is 1.03. The Balaban J connectivity index is 2.65. The normalized spacial score (nSPS) is 14.2. The molecule has 2 N–H and O–H groups in total. The maximum absolute atomic E-state index is 12.3. The molecule has 1 aromatic carbocycles. The quantitative estimate of drug-likeness (QED) is 0.794. The first kappa shape index (κ1) is 15.7. The van der Waals surface area contributed by atoms with Crippen molar-refractivity contribution in [1.29, 1.82) is 0 Å². The van der Waals surface area contributed by atoms with Crippen LogP contribution >= 0.6 is 0 Å². The number of aliphatic hydroxyl groups is 1. The number of aliphatic hydroxyl groups excluding tert-OH is 1. The molecule has 0 heterocycles. The number of rotatable bonds is 7. The third-order valence-corrected chi connectivity index (χ3v) is 3.24.